The lowest BCUT2D eigenvalue weighted by atomic mass is 10.2. The Morgan fingerprint density at radius 3 is 2.87 bits per heavy atom. The van der Waals surface area contributed by atoms with Crippen molar-refractivity contribution in [3.8, 4) is 5.75 Å². The first-order valence-corrected chi connectivity index (χ1v) is 10.8. The number of hydrogen-bond acceptors (Lipinski definition) is 9. The molecule has 2 heterocycles. The molecule has 3 rings (SSSR count). The Kier molecular flexibility index (Phi) is 7.01. The number of carbonyl (C=O) groups excluding carboxylic acids is 2. The van der Waals surface area contributed by atoms with Crippen LogP contribution in [0, 0.1) is 0 Å². The highest BCUT2D eigenvalue weighted by Gasteiger charge is 2.51. The summed E-state index contributed by atoms with van der Waals surface area (Å²) in [5, 5.41) is 23.0. The zero-order chi connectivity index (χ0) is 22.8. The zero-order valence-corrected chi connectivity index (χ0v) is 17.7. The van der Waals surface area contributed by atoms with Crippen molar-refractivity contribution < 1.29 is 47.1 Å². The molecule has 2 aliphatic rings. The quantitative estimate of drug-likeness (QED) is 0.229. The van der Waals surface area contributed by atoms with Crippen LogP contribution in [0.5, 0.6) is 5.75 Å². The first kappa shape index (κ1) is 23.6. The summed E-state index contributed by atoms with van der Waals surface area (Å²) in [6.07, 6.45) is -1.89. The van der Waals surface area contributed by atoms with Crippen LogP contribution in [0.15, 0.2) is 30.2 Å². The molecule has 0 aliphatic carbocycles. The molecule has 2 aliphatic heterocycles. The minimum absolute atomic E-state index is 0.0283. The highest BCUT2D eigenvalue weighted by atomic mass is 35.5. The molecule has 0 saturated carbocycles. The van der Waals surface area contributed by atoms with Crippen molar-refractivity contribution in [2.45, 2.75) is 37.8 Å². The maximum atomic E-state index is 13.7. The third kappa shape index (κ3) is 5.42. The molecule has 2 amide bonds. The minimum atomic E-state index is -4.46. The topological polar surface area (TPSA) is 144 Å². The predicted octanol–water partition coefficient (Wildman–Crippen LogP) is 1.53. The third-order valence-corrected chi connectivity index (χ3v) is 6.03. The van der Waals surface area contributed by atoms with Crippen LogP contribution in [0.3, 0.4) is 0 Å². The molecule has 170 valence electrons. The van der Waals surface area contributed by atoms with Gasteiger partial charge in [0.15, 0.2) is 0 Å². The van der Waals surface area contributed by atoms with Crippen molar-refractivity contribution in [1.82, 2.24) is 10.2 Å². The fourth-order valence-corrected chi connectivity index (χ4v) is 4.42. The van der Waals surface area contributed by atoms with Crippen LogP contribution in [-0.2, 0) is 34.5 Å². The Hall–Kier alpha value is -2.05. The summed E-state index contributed by atoms with van der Waals surface area (Å²) in [6.45, 7) is -0.222. The van der Waals surface area contributed by atoms with Crippen molar-refractivity contribution in [1.29, 1.82) is 0 Å². The summed E-state index contributed by atoms with van der Waals surface area (Å²) in [6, 6.07) is 4.42. The standard InChI is InChI=1S/C17H19ClFN2O9P/c1-20-16(23)12(19)7-21(9-22)15-5-4-14(28-15)17(24,25)30-31(26)27-8-10-6-11(18)2-3-13(10)29-31/h2-3,6-7,9,14-15,24-25H,4-5,8H2,1H3,(H,20,23)/b12-7+. The predicted molar refractivity (Wildman–Crippen MR) is 102 cm³/mol. The van der Waals surface area contributed by atoms with Gasteiger partial charge in [0, 0.05) is 17.6 Å². The van der Waals surface area contributed by atoms with E-state index in [9.17, 15) is 28.8 Å². The van der Waals surface area contributed by atoms with E-state index in [2.05, 4.69) is 0 Å². The van der Waals surface area contributed by atoms with Gasteiger partial charge in [-0.05, 0) is 31.0 Å². The van der Waals surface area contributed by atoms with Crippen LogP contribution in [0.25, 0.3) is 0 Å². The number of amides is 2. The van der Waals surface area contributed by atoms with Gasteiger partial charge in [0.25, 0.3) is 5.91 Å². The van der Waals surface area contributed by atoms with Crippen molar-refractivity contribution in [3.63, 3.8) is 0 Å². The monoisotopic (exact) mass is 480 g/mol. The largest absolute Gasteiger partial charge is 0.534 e. The van der Waals surface area contributed by atoms with Crippen LogP contribution >= 0.6 is 19.4 Å². The number of phosphoric ester groups is 1. The number of phosphoric acid groups is 1. The highest BCUT2D eigenvalue weighted by Crippen LogP contribution is 2.57. The van der Waals surface area contributed by atoms with Gasteiger partial charge in [0.2, 0.25) is 12.2 Å². The van der Waals surface area contributed by atoms with Gasteiger partial charge in [0.05, 0.1) is 12.8 Å². The number of benzene rings is 1. The van der Waals surface area contributed by atoms with Crippen molar-refractivity contribution in [3.05, 3.63) is 40.8 Å². The van der Waals surface area contributed by atoms with Crippen molar-refractivity contribution >= 4 is 31.7 Å². The Morgan fingerprint density at radius 1 is 1.45 bits per heavy atom. The Morgan fingerprint density at radius 2 is 2.19 bits per heavy atom. The number of nitrogens with zero attached hydrogens (tertiary/aromatic N) is 1. The maximum Gasteiger partial charge on any atom is 0.534 e. The van der Waals surface area contributed by atoms with Gasteiger partial charge in [-0.1, -0.05) is 11.6 Å². The molecule has 0 bridgehead atoms. The number of fused-ring (bicyclic) bond motifs is 1. The minimum Gasteiger partial charge on any atom is -0.404 e. The summed E-state index contributed by atoms with van der Waals surface area (Å²) in [5.74, 6) is -5.33. The number of aliphatic hydroxyl groups is 2. The lowest BCUT2D eigenvalue weighted by molar-refractivity contribution is -0.349. The second kappa shape index (κ2) is 9.21. The number of nitrogens with one attached hydrogen (secondary N) is 1. The molecule has 1 fully saturated rings. The van der Waals surface area contributed by atoms with Gasteiger partial charge >= 0.3 is 13.8 Å². The smallest absolute Gasteiger partial charge is 0.404 e. The number of carbonyl (C=O) groups is 2. The van der Waals surface area contributed by atoms with Crippen LogP contribution < -0.4 is 9.84 Å². The second-order valence-electron chi connectivity index (χ2n) is 6.58. The van der Waals surface area contributed by atoms with Gasteiger partial charge in [-0.3, -0.25) is 19.0 Å². The van der Waals surface area contributed by atoms with Gasteiger partial charge in [-0.15, -0.1) is 0 Å². The lowest BCUT2D eigenvalue weighted by Gasteiger charge is -2.33. The molecule has 1 saturated heterocycles. The van der Waals surface area contributed by atoms with Crippen LogP contribution in [0.1, 0.15) is 18.4 Å². The van der Waals surface area contributed by atoms with Crippen molar-refractivity contribution in [2.24, 2.45) is 0 Å². The van der Waals surface area contributed by atoms with E-state index in [1.165, 1.54) is 25.2 Å². The number of hydrogen-bond donors (Lipinski definition) is 3. The average molecular weight is 481 g/mol. The third-order valence-electron chi connectivity index (χ3n) is 4.43. The molecule has 31 heavy (non-hydrogen) atoms. The normalized spacial score (nSPS) is 26.0. The van der Waals surface area contributed by atoms with Crippen LogP contribution in [0.2, 0.25) is 5.02 Å². The first-order chi connectivity index (χ1) is 14.6. The average Bonchev–Trinajstić information content (AvgIpc) is 3.22. The fourth-order valence-electron chi connectivity index (χ4n) is 2.92. The molecule has 1 aromatic rings. The van der Waals surface area contributed by atoms with Gasteiger partial charge in [-0.25, -0.2) is 9.09 Å². The van der Waals surface area contributed by atoms with E-state index in [0.29, 0.717) is 21.7 Å². The van der Waals surface area contributed by atoms with E-state index in [1.807, 2.05) is 5.32 Å². The van der Waals surface area contributed by atoms with E-state index in [4.69, 9.17) is 29.9 Å². The molecule has 3 N–H and O–H groups in total. The molecule has 0 spiro atoms. The molecule has 0 radical (unpaired) electrons. The summed E-state index contributed by atoms with van der Waals surface area (Å²) in [4.78, 5) is 23.2. The molecule has 0 aromatic heterocycles. The SMILES string of the molecule is CNC(=O)/C(F)=C\N(C=O)C1CCC(C(O)(O)OP2(=O)OCc3cc(Cl)ccc3O2)O1. The molecule has 1 aromatic carbocycles. The molecular weight excluding hydrogens is 462 g/mol. The van der Waals surface area contributed by atoms with E-state index in [1.54, 1.807) is 0 Å². The lowest BCUT2D eigenvalue weighted by Crippen LogP contribution is -2.45. The first-order valence-electron chi connectivity index (χ1n) is 8.92. The number of ether oxygens (including phenoxy) is 1. The van der Waals surface area contributed by atoms with E-state index in [0.717, 1.165) is 0 Å². The van der Waals surface area contributed by atoms with Crippen LogP contribution in [0.4, 0.5) is 4.39 Å². The summed E-state index contributed by atoms with van der Waals surface area (Å²) in [5.41, 5.74) is 0.479. The molecule has 14 heteroatoms. The van der Waals surface area contributed by atoms with E-state index < -0.39 is 37.9 Å². The Balaban J connectivity index is 1.67. The van der Waals surface area contributed by atoms with E-state index in [-0.39, 0.29) is 31.6 Å². The molecule has 11 nitrogen and oxygen atoms in total. The summed E-state index contributed by atoms with van der Waals surface area (Å²) < 4.78 is 46.8. The highest BCUT2D eigenvalue weighted by molar-refractivity contribution is 7.49. The molecule has 3 atom stereocenters. The van der Waals surface area contributed by atoms with Gasteiger partial charge in [-0.2, -0.15) is 4.39 Å². The van der Waals surface area contributed by atoms with Crippen molar-refractivity contribution in [2.75, 3.05) is 7.05 Å². The van der Waals surface area contributed by atoms with Gasteiger partial charge < -0.3 is 24.8 Å². The second-order valence-corrected chi connectivity index (χ2v) is 8.53. The summed E-state index contributed by atoms with van der Waals surface area (Å²) in [7, 11) is -3.25. The molecule has 3 unspecified atom stereocenters. The number of halogens is 2. The number of likely N-dealkylation sites (N-methyl/N-ethyl adjacent to an activating group) is 1. The Bertz CT molecular complexity index is 944. The summed E-state index contributed by atoms with van der Waals surface area (Å²) >= 11 is 5.86. The van der Waals surface area contributed by atoms with E-state index >= 15 is 0 Å². The Labute approximate surface area is 180 Å². The fraction of sp³-hybridized carbons (Fsp3) is 0.412. The molecular formula is C17H19ClFN2O9P. The van der Waals surface area contributed by atoms with Crippen LogP contribution in [-0.4, -0.2) is 52.8 Å². The zero-order valence-electron chi connectivity index (χ0n) is 16.1. The van der Waals surface area contributed by atoms with Gasteiger partial charge in [0.1, 0.15) is 18.1 Å². The number of rotatable bonds is 7. The maximum absolute atomic E-state index is 13.7.